The lowest BCUT2D eigenvalue weighted by molar-refractivity contribution is 0.194. The van der Waals surface area contributed by atoms with Crippen LogP contribution >= 0.6 is 0 Å². The van der Waals surface area contributed by atoms with E-state index < -0.39 is 6.04 Å². The quantitative estimate of drug-likeness (QED) is 0.452. The summed E-state index contributed by atoms with van der Waals surface area (Å²) in [7, 11) is 1.57. The Labute approximate surface area is 185 Å². The number of halogens is 1. The summed E-state index contributed by atoms with van der Waals surface area (Å²) in [5.41, 5.74) is 4.38. The standard InChI is InChI=1S/C26H22FN3O2/c1-32-24-11-5-3-8-21(24)28-26(31)30-17-19-7-2-4-9-22(19)29-16-6-10-23(29)25(30)18-12-14-20(27)15-13-18/h2-16,25H,17H2,1H3,(H,28,31). The summed E-state index contributed by atoms with van der Waals surface area (Å²) in [6.07, 6.45) is 1.99. The molecule has 1 aliphatic heterocycles. The molecule has 2 amide bonds. The molecule has 2 heterocycles. The zero-order valence-corrected chi connectivity index (χ0v) is 17.5. The molecule has 5 nitrogen and oxygen atoms in total. The highest BCUT2D eigenvalue weighted by molar-refractivity contribution is 5.91. The maximum atomic E-state index is 13.7. The Morgan fingerprint density at radius 3 is 2.53 bits per heavy atom. The first-order valence-corrected chi connectivity index (χ1v) is 10.4. The van der Waals surface area contributed by atoms with E-state index in [1.807, 2.05) is 54.7 Å². The second kappa shape index (κ2) is 8.23. The van der Waals surface area contributed by atoms with Gasteiger partial charge in [-0.25, -0.2) is 9.18 Å². The van der Waals surface area contributed by atoms with Gasteiger partial charge in [0.2, 0.25) is 0 Å². The summed E-state index contributed by atoms with van der Waals surface area (Å²) in [4.78, 5) is 15.4. The third-order valence-electron chi connectivity index (χ3n) is 5.76. The summed E-state index contributed by atoms with van der Waals surface area (Å²) >= 11 is 0. The maximum Gasteiger partial charge on any atom is 0.323 e. The second-order valence-electron chi connectivity index (χ2n) is 7.64. The number of nitrogens with zero attached hydrogens (tertiary/aromatic N) is 2. The molecule has 0 saturated carbocycles. The van der Waals surface area contributed by atoms with Crippen molar-refractivity contribution in [3.63, 3.8) is 0 Å². The largest absolute Gasteiger partial charge is 0.495 e. The molecular formula is C26H22FN3O2. The zero-order valence-electron chi connectivity index (χ0n) is 17.5. The topological polar surface area (TPSA) is 46.5 Å². The van der Waals surface area contributed by atoms with Gasteiger partial charge in [-0.15, -0.1) is 0 Å². The zero-order chi connectivity index (χ0) is 22.1. The molecule has 1 aromatic heterocycles. The molecule has 160 valence electrons. The number of hydrogen-bond acceptors (Lipinski definition) is 2. The Balaban J connectivity index is 1.63. The lowest BCUT2D eigenvalue weighted by atomic mass is 10.0. The molecule has 1 aliphatic rings. The van der Waals surface area contributed by atoms with E-state index in [4.69, 9.17) is 4.74 Å². The van der Waals surface area contributed by atoms with Crippen LogP contribution in [0, 0.1) is 5.82 Å². The Bertz CT molecular complexity index is 1270. The van der Waals surface area contributed by atoms with Crippen molar-refractivity contribution in [2.75, 3.05) is 12.4 Å². The van der Waals surface area contributed by atoms with Gasteiger partial charge in [-0.2, -0.15) is 0 Å². The second-order valence-corrected chi connectivity index (χ2v) is 7.64. The van der Waals surface area contributed by atoms with Crippen LogP contribution in [0.2, 0.25) is 0 Å². The van der Waals surface area contributed by atoms with Crippen LogP contribution in [-0.2, 0) is 6.54 Å². The van der Waals surface area contributed by atoms with Gasteiger partial charge in [-0.3, -0.25) is 0 Å². The molecule has 0 fully saturated rings. The Morgan fingerprint density at radius 1 is 0.969 bits per heavy atom. The predicted molar refractivity (Wildman–Crippen MR) is 122 cm³/mol. The fourth-order valence-electron chi connectivity index (χ4n) is 4.27. The summed E-state index contributed by atoms with van der Waals surface area (Å²) in [5, 5.41) is 3.00. The maximum absolute atomic E-state index is 13.7. The van der Waals surface area contributed by atoms with E-state index in [1.165, 1.54) is 12.1 Å². The van der Waals surface area contributed by atoms with Gasteiger partial charge in [0.05, 0.1) is 31.1 Å². The summed E-state index contributed by atoms with van der Waals surface area (Å²) in [6, 6.07) is 24.9. The number of amides is 2. The number of para-hydroxylation sites is 3. The highest BCUT2D eigenvalue weighted by Crippen LogP contribution is 2.37. The van der Waals surface area contributed by atoms with E-state index >= 15 is 0 Å². The van der Waals surface area contributed by atoms with E-state index in [0.29, 0.717) is 18.0 Å². The Kier molecular flexibility index (Phi) is 5.11. The smallest absolute Gasteiger partial charge is 0.323 e. The van der Waals surface area contributed by atoms with Crippen LogP contribution in [0.4, 0.5) is 14.9 Å². The highest BCUT2D eigenvalue weighted by atomic mass is 19.1. The molecule has 1 atom stereocenters. The van der Waals surface area contributed by atoms with Crippen LogP contribution in [0.25, 0.3) is 5.69 Å². The summed E-state index contributed by atoms with van der Waals surface area (Å²) in [5.74, 6) is 0.267. The van der Waals surface area contributed by atoms with Gasteiger partial charge in [-0.1, -0.05) is 42.5 Å². The molecule has 32 heavy (non-hydrogen) atoms. The number of methoxy groups -OCH3 is 1. The minimum Gasteiger partial charge on any atom is -0.495 e. The fourth-order valence-corrected chi connectivity index (χ4v) is 4.27. The molecule has 0 radical (unpaired) electrons. The number of carbonyl (C=O) groups excluding carboxylic acids is 1. The van der Waals surface area contributed by atoms with Crippen LogP contribution in [0.1, 0.15) is 22.9 Å². The Morgan fingerprint density at radius 2 is 1.72 bits per heavy atom. The average molecular weight is 427 g/mol. The van der Waals surface area contributed by atoms with Crippen LogP contribution in [-0.4, -0.2) is 22.6 Å². The molecule has 0 saturated heterocycles. The number of ether oxygens (including phenoxy) is 1. The molecular weight excluding hydrogens is 405 g/mol. The van der Waals surface area contributed by atoms with Gasteiger partial charge in [0.15, 0.2) is 0 Å². The third kappa shape index (κ3) is 3.50. The molecule has 1 N–H and O–H groups in total. The predicted octanol–water partition coefficient (Wildman–Crippen LogP) is 5.76. The van der Waals surface area contributed by atoms with Gasteiger partial charge in [0.1, 0.15) is 11.6 Å². The number of carbonyl (C=O) groups is 1. The van der Waals surface area contributed by atoms with Crippen molar-refractivity contribution in [1.29, 1.82) is 0 Å². The minimum absolute atomic E-state index is 0.270. The molecule has 5 rings (SSSR count). The van der Waals surface area contributed by atoms with Gasteiger partial charge >= 0.3 is 6.03 Å². The van der Waals surface area contributed by atoms with E-state index in [9.17, 15) is 9.18 Å². The fraction of sp³-hybridized carbons (Fsp3) is 0.115. The molecule has 0 bridgehead atoms. The van der Waals surface area contributed by atoms with E-state index in [-0.39, 0.29) is 11.8 Å². The SMILES string of the molecule is COc1ccccc1NC(=O)N1Cc2ccccc2-n2cccc2C1c1ccc(F)cc1. The number of aromatic nitrogens is 1. The van der Waals surface area contributed by atoms with Crippen molar-refractivity contribution in [3.05, 3.63) is 114 Å². The van der Waals surface area contributed by atoms with Crippen molar-refractivity contribution in [2.45, 2.75) is 12.6 Å². The lowest BCUT2D eigenvalue weighted by Crippen LogP contribution is -2.38. The van der Waals surface area contributed by atoms with Crippen LogP contribution in [0.5, 0.6) is 5.75 Å². The molecule has 6 heteroatoms. The third-order valence-corrected chi connectivity index (χ3v) is 5.76. The molecule has 4 aromatic rings. The first-order chi connectivity index (χ1) is 15.7. The van der Waals surface area contributed by atoms with Crippen molar-refractivity contribution in [2.24, 2.45) is 0 Å². The molecule has 0 aliphatic carbocycles. The number of fused-ring (bicyclic) bond motifs is 3. The van der Waals surface area contributed by atoms with Crippen molar-refractivity contribution >= 4 is 11.7 Å². The number of rotatable bonds is 3. The number of benzene rings is 3. The van der Waals surface area contributed by atoms with Crippen LogP contribution in [0.15, 0.2) is 91.1 Å². The number of nitrogens with one attached hydrogen (secondary N) is 1. The monoisotopic (exact) mass is 427 g/mol. The molecule has 3 aromatic carbocycles. The van der Waals surface area contributed by atoms with E-state index in [1.54, 1.807) is 36.3 Å². The van der Waals surface area contributed by atoms with E-state index in [0.717, 1.165) is 22.5 Å². The van der Waals surface area contributed by atoms with Gasteiger partial charge in [0, 0.05) is 11.9 Å². The number of hydrogen-bond donors (Lipinski definition) is 1. The van der Waals surface area contributed by atoms with Gasteiger partial charge in [0.25, 0.3) is 0 Å². The highest BCUT2D eigenvalue weighted by Gasteiger charge is 2.33. The normalized spacial score (nSPS) is 14.8. The van der Waals surface area contributed by atoms with Gasteiger partial charge < -0.3 is 19.5 Å². The van der Waals surface area contributed by atoms with Gasteiger partial charge in [-0.05, 0) is 53.6 Å². The minimum atomic E-state index is -0.410. The summed E-state index contributed by atoms with van der Waals surface area (Å²) < 4.78 is 21.2. The van der Waals surface area contributed by atoms with Crippen LogP contribution in [0.3, 0.4) is 0 Å². The van der Waals surface area contributed by atoms with Crippen LogP contribution < -0.4 is 10.1 Å². The lowest BCUT2D eigenvalue weighted by Gasteiger charge is -2.31. The number of urea groups is 1. The Hall–Kier alpha value is -4.06. The molecule has 0 spiro atoms. The first kappa shape index (κ1) is 19.9. The summed E-state index contributed by atoms with van der Waals surface area (Å²) in [6.45, 7) is 0.390. The average Bonchev–Trinajstić information content (AvgIpc) is 3.24. The van der Waals surface area contributed by atoms with Crippen molar-refractivity contribution in [3.8, 4) is 11.4 Å². The first-order valence-electron chi connectivity index (χ1n) is 10.4. The molecule has 1 unspecified atom stereocenters. The van der Waals surface area contributed by atoms with E-state index in [2.05, 4.69) is 9.88 Å². The van der Waals surface area contributed by atoms with Crippen molar-refractivity contribution in [1.82, 2.24) is 9.47 Å². The number of anilines is 1. The van der Waals surface area contributed by atoms with Crippen molar-refractivity contribution < 1.29 is 13.9 Å².